The maximum absolute atomic E-state index is 11.7. The van der Waals surface area contributed by atoms with E-state index in [4.69, 9.17) is 5.11 Å². The molecule has 0 radical (unpaired) electrons. The molecule has 0 aromatic carbocycles. The van der Waals surface area contributed by atoms with Crippen molar-refractivity contribution in [3.63, 3.8) is 0 Å². The van der Waals surface area contributed by atoms with Gasteiger partial charge in [-0.05, 0) is 59.8 Å². The molecule has 116 valence electrons. The highest BCUT2D eigenvalue weighted by molar-refractivity contribution is 7.91. The van der Waals surface area contributed by atoms with Crippen LogP contribution in [-0.4, -0.2) is 43.7 Å². The largest absolute Gasteiger partial charge is 0.591 e. The lowest BCUT2D eigenvalue weighted by atomic mass is 9.94. The van der Waals surface area contributed by atoms with Crippen molar-refractivity contribution in [2.24, 2.45) is 10.3 Å². The zero-order valence-electron chi connectivity index (χ0n) is 13.0. The molecule has 1 saturated heterocycles. The Labute approximate surface area is 124 Å². The van der Waals surface area contributed by atoms with Crippen LogP contribution in [0.3, 0.4) is 0 Å². The molecule has 5 nitrogen and oxygen atoms in total. The van der Waals surface area contributed by atoms with E-state index in [1.807, 2.05) is 34.6 Å². The predicted molar refractivity (Wildman–Crippen MR) is 82.5 cm³/mol. The van der Waals surface area contributed by atoms with Crippen molar-refractivity contribution in [2.75, 3.05) is 6.54 Å². The van der Waals surface area contributed by atoms with Gasteiger partial charge >= 0.3 is 6.09 Å². The zero-order valence-corrected chi connectivity index (χ0v) is 13.9. The molecule has 1 fully saturated rings. The summed E-state index contributed by atoms with van der Waals surface area (Å²) < 4.78 is 15.5. The van der Waals surface area contributed by atoms with Crippen molar-refractivity contribution in [2.45, 2.75) is 64.2 Å². The van der Waals surface area contributed by atoms with Crippen molar-refractivity contribution in [3.8, 4) is 0 Å². The smallest absolute Gasteiger partial charge is 0.407 e. The molecule has 0 bridgehead atoms. The molecule has 2 atom stereocenters. The van der Waals surface area contributed by atoms with Crippen molar-refractivity contribution >= 4 is 23.7 Å². The van der Waals surface area contributed by atoms with Crippen molar-refractivity contribution in [3.05, 3.63) is 0 Å². The molecule has 1 amide bonds. The summed E-state index contributed by atoms with van der Waals surface area (Å²) in [6, 6.07) is 0. The summed E-state index contributed by atoms with van der Waals surface area (Å²) in [5, 5.41) is 9.16. The number of hydrogen-bond donors (Lipinski definition) is 1. The first kappa shape index (κ1) is 17.3. The quantitative estimate of drug-likeness (QED) is 0.640. The minimum atomic E-state index is -1.21. The van der Waals surface area contributed by atoms with Crippen molar-refractivity contribution in [1.29, 1.82) is 0 Å². The second-order valence-corrected chi connectivity index (χ2v) is 8.94. The second-order valence-electron chi connectivity index (χ2n) is 7.00. The molecule has 1 aliphatic heterocycles. The summed E-state index contributed by atoms with van der Waals surface area (Å²) in [5.41, 5.74) is -0.290. The Kier molecular flexibility index (Phi) is 5.49. The highest BCUT2D eigenvalue weighted by Crippen LogP contribution is 2.34. The van der Waals surface area contributed by atoms with Gasteiger partial charge in [-0.1, -0.05) is 4.40 Å². The number of carboxylic acid groups (broad SMARTS) is 1. The van der Waals surface area contributed by atoms with Gasteiger partial charge in [0.1, 0.15) is 16.1 Å². The third-order valence-corrected chi connectivity index (χ3v) is 4.98. The third-order valence-electron chi connectivity index (χ3n) is 3.59. The van der Waals surface area contributed by atoms with Gasteiger partial charge in [0.15, 0.2) is 0 Å². The Balaban J connectivity index is 2.42. The van der Waals surface area contributed by atoms with Crippen LogP contribution >= 0.6 is 0 Å². The van der Waals surface area contributed by atoms with Crippen LogP contribution in [0.4, 0.5) is 4.79 Å². The van der Waals surface area contributed by atoms with Crippen molar-refractivity contribution < 1.29 is 14.5 Å². The molecule has 1 aliphatic rings. The first-order chi connectivity index (χ1) is 9.04. The summed E-state index contributed by atoms with van der Waals surface area (Å²) >= 11 is -1.21. The van der Waals surface area contributed by atoms with Crippen LogP contribution in [0, 0.1) is 5.92 Å². The molecule has 0 aromatic heterocycles. The van der Waals surface area contributed by atoms with E-state index in [9.17, 15) is 9.35 Å². The van der Waals surface area contributed by atoms with Gasteiger partial charge in [-0.3, -0.25) is 0 Å². The average Bonchev–Trinajstić information content (AvgIpc) is 2.58. The monoisotopic (exact) mass is 302 g/mol. The van der Waals surface area contributed by atoms with E-state index in [0.29, 0.717) is 12.5 Å². The lowest BCUT2D eigenvalue weighted by Gasteiger charge is -2.28. The fraction of sp³-hybridized carbons (Fsp3) is 0.857. The van der Waals surface area contributed by atoms with E-state index in [1.165, 1.54) is 4.90 Å². The highest BCUT2D eigenvalue weighted by Gasteiger charge is 2.40. The standard InChI is InChI=1S/C14H26N2O3S/c1-13(2,3)20(19)15-8-6-7-11-9-14(4,5)16(10-11)12(17)18/h8,11H,6-7,9-10H2,1-5H3,(H,17,18)/b15-8+/t11-,20?/m0/s1. The van der Waals surface area contributed by atoms with Crippen LogP contribution in [0.15, 0.2) is 4.40 Å². The molecule has 0 spiro atoms. The van der Waals surface area contributed by atoms with Gasteiger partial charge in [-0.25, -0.2) is 4.79 Å². The maximum atomic E-state index is 11.7. The van der Waals surface area contributed by atoms with E-state index in [-0.39, 0.29) is 10.3 Å². The van der Waals surface area contributed by atoms with Crippen LogP contribution in [0.2, 0.25) is 0 Å². The molecule has 1 N–H and O–H groups in total. The number of hydrogen-bond acceptors (Lipinski definition) is 3. The topological polar surface area (TPSA) is 76.0 Å². The van der Waals surface area contributed by atoms with Crippen LogP contribution in [0.5, 0.6) is 0 Å². The van der Waals surface area contributed by atoms with Gasteiger partial charge < -0.3 is 14.6 Å². The lowest BCUT2D eigenvalue weighted by Crippen LogP contribution is -2.41. The zero-order chi connectivity index (χ0) is 15.6. The van der Waals surface area contributed by atoms with E-state index < -0.39 is 17.5 Å². The maximum Gasteiger partial charge on any atom is 0.407 e. The molecular formula is C14H26N2O3S. The number of rotatable bonds is 4. The summed E-state index contributed by atoms with van der Waals surface area (Å²) in [6.07, 6.45) is 3.38. The molecule has 0 aromatic rings. The van der Waals surface area contributed by atoms with E-state index in [1.54, 1.807) is 6.21 Å². The van der Waals surface area contributed by atoms with Gasteiger partial charge in [-0.15, -0.1) is 0 Å². The summed E-state index contributed by atoms with van der Waals surface area (Å²) in [4.78, 5) is 12.7. The number of carbonyl (C=O) groups is 1. The van der Waals surface area contributed by atoms with Gasteiger partial charge in [-0.2, -0.15) is 0 Å². The highest BCUT2D eigenvalue weighted by atomic mass is 32.2. The van der Waals surface area contributed by atoms with Gasteiger partial charge in [0.05, 0.1) is 6.21 Å². The Morgan fingerprint density at radius 1 is 1.55 bits per heavy atom. The van der Waals surface area contributed by atoms with Crippen LogP contribution in [-0.2, 0) is 11.4 Å². The Bertz CT molecular complexity index is 377. The number of amides is 1. The normalized spacial score (nSPS) is 24.3. The Hall–Kier alpha value is -0.750. The second kappa shape index (κ2) is 6.35. The minimum Gasteiger partial charge on any atom is -0.591 e. The lowest BCUT2D eigenvalue weighted by molar-refractivity contribution is 0.117. The average molecular weight is 302 g/mol. The number of nitrogens with zero attached hydrogens (tertiary/aromatic N) is 2. The number of likely N-dealkylation sites (tertiary alicyclic amines) is 1. The van der Waals surface area contributed by atoms with Crippen LogP contribution < -0.4 is 0 Å². The summed E-state index contributed by atoms with van der Waals surface area (Å²) in [7, 11) is 0. The van der Waals surface area contributed by atoms with Crippen LogP contribution in [0.25, 0.3) is 0 Å². The first-order valence-electron chi connectivity index (χ1n) is 6.99. The van der Waals surface area contributed by atoms with Crippen molar-refractivity contribution in [1.82, 2.24) is 4.90 Å². The molecule has 6 heteroatoms. The van der Waals surface area contributed by atoms with Crippen LogP contribution in [0.1, 0.15) is 53.9 Å². The predicted octanol–water partition coefficient (Wildman–Crippen LogP) is 3.08. The molecular weight excluding hydrogens is 276 g/mol. The fourth-order valence-corrected chi connectivity index (χ4v) is 3.06. The van der Waals surface area contributed by atoms with E-state index in [2.05, 4.69) is 4.40 Å². The summed E-state index contributed by atoms with van der Waals surface area (Å²) in [5.74, 6) is 0.357. The Morgan fingerprint density at radius 2 is 2.15 bits per heavy atom. The molecule has 1 rings (SSSR count). The third kappa shape index (κ3) is 4.66. The minimum absolute atomic E-state index is 0.290. The molecule has 20 heavy (non-hydrogen) atoms. The first-order valence-corrected chi connectivity index (χ1v) is 8.10. The van der Waals surface area contributed by atoms with Gasteiger partial charge in [0.25, 0.3) is 0 Å². The molecule has 1 unspecified atom stereocenters. The molecule has 0 aliphatic carbocycles. The summed E-state index contributed by atoms with van der Waals surface area (Å²) in [6.45, 7) is 10.2. The van der Waals surface area contributed by atoms with Gasteiger partial charge in [0.2, 0.25) is 0 Å². The SMILES string of the molecule is CC1(C)C[C@H](CC/C=N/[S+]([O-])C(C)(C)C)CN1C(=O)O. The Morgan fingerprint density at radius 3 is 2.60 bits per heavy atom. The van der Waals surface area contributed by atoms with E-state index >= 15 is 0 Å². The molecule has 0 saturated carbocycles. The van der Waals surface area contributed by atoms with Gasteiger partial charge in [0, 0.05) is 12.1 Å². The van der Waals surface area contributed by atoms with E-state index in [0.717, 1.165) is 19.3 Å². The molecule has 1 heterocycles. The fourth-order valence-electron chi connectivity index (χ4n) is 2.51.